The van der Waals surface area contributed by atoms with E-state index in [1.54, 1.807) is 0 Å². The van der Waals surface area contributed by atoms with Gasteiger partial charge in [-0.2, -0.15) is 0 Å². The van der Waals surface area contributed by atoms with Gasteiger partial charge in [-0.15, -0.1) is 0 Å². The van der Waals surface area contributed by atoms with Crippen LogP contribution in [0.25, 0.3) is 16.6 Å². The van der Waals surface area contributed by atoms with Crippen molar-refractivity contribution in [2.75, 3.05) is 5.32 Å². The van der Waals surface area contributed by atoms with Crippen molar-refractivity contribution >= 4 is 22.5 Å². The minimum Gasteiger partial charge on any atom is -0.361 e. The van der Waals surface area contributed by atoms with Gasteiger partial charge in [0.2, 0.25) is 0 Å². The van der Waals surface area contributed by atoms with Crippen molar-refractivity contribution in [1.82, 2.24) is 9.55 Å². The number of aromatic nitrogens is 2. The van der Waals surface area contributed by atoms with Gasteiger partial charge in [-0.3, -0.25) is 4.79 Å². The number of nitrogens with one attached hydrogen (secondary N) is 2. The fourth-order valence-corrected chi connectivity index (χ4v) is 2.65. The van der Waals surface area contributed by atoms with E-state index in [0.29, 0.717) is 5.56 Å². The molecule has 0 radical (unpaired) electrons. The third-order valence-corrected chi connectivity index (χ3v) is 3.82. The second-order valence-corrected chi connectivity index (χ2v) is 5.37. The van der Waals surface area contributed by atoms with Crippen molar-refractivity contribution in [3.63, 3.8) is 0 Å². The summed E-state index contributed by atoms with van der Waals surface area (Å²) in [6.07, 6.45) is 5.80. The first-order valence-electron chi connectivity index (χ1n) is 7.41. The Kier molecular flexibility index (Phi) is 3.20. The molecule has 4 nitrogen and oxygen atoms in total. The minimum absolute atomic E-state index is 0.117. The fraction of sp³-hybridized carbons (Fsp3) is 0. The van der Waals surface area contributed by atoms with Crippen molar-refractivity contribution in [3.8, 4) is 5.69 Å². The Morgan fingerprint density at radius 3 is 2.70 bits per heavy atom. The highest BCUT2D eigenvalue weighted by molar-refractivity contribution is 6.05. The number of fused-ring (bicyclic) bond motifs is 1. The van der Waals surface area contributed by atoms with Gasteiger partial charge in [0, 0.05) is 46.4 Å². The molecule has 0 bridgehead atoms. The smallest absolute Gasteiger partial charge is 0.255 e. The summed E-state index contributed by atoms with van der Waals surface area (Å²) in [5.74, 6) is -0.117. The number of anilines is 1. The summed E-state index contributed by atoms with van der Waals surface area (Å²) in [5.41, 5.74) is 3.43. The summed E-state index contributed by atoms with van der Waals surface area (Å²) >= 11 is 0. The van der Waals surface area contributed by atoms with Crippen LogP contribution in [-0.2, 0) is 0 Å². The number of rotatable bonds is 3. The molecule has 4 aromatic rings. The van der Waals surface area contributed by atoms with Crippen LogP contribution in [0.2, 0.25) is 0 Å². The molecular weight excluding hydrogens is 286 g/mol. The highest BCUT2D eigenvalue weighted by atomic mass is 16.1. The van der Waals surface area contributed by atoms with Crippen LogP contribution in [0, 0.1) is 0 Å². The van der Waals surface area contributed by atoms with E-state index in [-0.39, 0.29) is 5.91 Å². The van der Waals surface area contributed by atoms with Crippen molar-refractivity contribution in [3.05, 3.63) is 84.8 Å². The summed E-state index contributed by atoms with van der Waals surface area (Å²) in [6, 6.07) is 19.3. The van der Waals surface area contributed by atoms with Crippen molar-refractivity contribution in [1.29, 1.82) is 0 Å². The first-order valence-corrected chi connectivity index (χ1v) is 7.41. The van der Waals surface area contributed by atoms with E-state index in [0.717, 1.165) is 22.3 Å². The maximum atomic E-state index is 12.5. The van der Waals surface area contributed by atoms with Gasteiger partial charge in [-0.25, -0.2) is 0 Å². The van der Waals surface area contributed by atoms with E-state index in [1.165, 1.54) is 0 Å². The summed E-state index contributed by atoms with van der Waals surface area (Å²) in [4.78, 5) is 15.6. The van der Waals surface area contributed by atoms with Gasteiger partial charge in [0.25, 0.3) is 5.91 Å². The first kappa shape index (κ1) is 13.4. The number of carbonyl (C=O) groups is 1. The zero-order chi connectivity index (χ0) is 15.6. The van der Waals surface area contributed by atoms with Crippen LogP contribution in [0.3, 0.4) is 0 Å². The SMILES string of the molecule is O=C(Nc1ccc2[nH]ccc2c1)c1cccc(-n2cccc2)c1. The van der Waals surface area contributed by atoms with Crippen LogP contribution in [0.5, 0.6) is 0 Å². The van der Waals surface area contributed by atoms with Crippen molar-refractivity contribution < 1.29 is 4.79 Å². The number of hydrogen-bond donors (Lipinski definition) is 2. The summed E-state index contributed by atoms with van der Waals surface area (Å²) in [5, 5.41) is 4.02. The molecule has 4 rings (SSSR count). The number of amides is 1. The lowest BCUT2D eigenvalue weighted by molar-refractivity contribution is 0.102. The molecule has 112 valence electrons. The number of carbonyl (C=O) groups excluding carboxylic acids is 1. The molecule has 4 heteroatoms. The Bertz CT molecular complexity index is 967. The molecular formula is C19H15N3O. The van der Waals surface area contributed by atoms with Gasteiger partial charge in [0.05, 0.1) is 0 Å². The average molecular weight is 301 g/mol. The van der Waals surface area contributed by atoms with Crippen molar-refractivity contribution in [2.24, 2.45) is 0 Å². The maximum Gasteiger partial charge on any atom is 0.255 e. The van der Waals surface area contributed by atoms with Gasteiger partial charge in [-0.1, -0.05) is 6.07 Å². The number of benzene rings is 2. The topological polar surface area (TPSA) is 49.8 Å². The number of nitrogens with zero attached hydrogens (tertiary/aromatic N) is 1. The van der Waals surface area contributed by atoms with Crippen molar-refractivity contribution in [2.45, 2.75) is 0 Å². The Morgan fingerprint density at radius 2 is 1.83 bits per heavy atom. The Morgan fingerprint density at radius 1 is 0.957 bits per heavy atom. The monoisotopic (exact) mass is 301 g/mol. The van der Waals surface area contributed by atoms with Crippen LogP contribution in [0.4, 0.5) is 5.69 Å². The normalized spacial score (nSPS) is 10.8. The predicted octanol–water partition coefficient (Wildman–Crippen LogP) is 4.21. The van der Waals surface area contributed by atoms with Crippen LogP contribution >= 0.6 is 0 Å². The third kappa shape index (κ3) is 2.62. The van der Waals surface area contributed by atoms with Gasteiger partial charge in [0.1, 0.15) is 0 Å². The maximum absolute atomic E-state index is 12.5. The van der Waals surface area contributed by atoms with Crippen LogP contribution in [0.15, 0.2) is 79.3 Å². The molecule has 2 heterocycles. The van der Waals surface area contributed by atoms with Crippen LogP contribution < -0.4 is 5.32 Å². The molecule has 1 amide bonds. The second-order valence-electron chi connectivity index (χ2n) is 5.37. The summed E-state index contributed by atoms with van der Waals surface area (Å²) in [7, 11) is 0. The molecule has 0 atom stereocenters. The lowest BCUT2D eigenvalue weighted by Gasteiger charge is -2.08. The Hall–Kier alpha value is -3.27. The van der Waals surface area contributed by atoms with E-state index in [2.05, 4.69) is 10.3 Å². The second kappa shape index (κ2) is 5.50. The lowest BCUT2D eigenvalue weighted by atomic mass is 10.1. The Labute approximate surface area is 133 Å². The molecule has 2 aromatic carbocycles. The van der Waals surface area contributed by atoms with Gasteiger partial charge in [-0.05, 0) is 54.6 Å². The molecule has 23 heavy (non-hydrogen) atoms. The first-order chi connectivity index (χ1) is 11.3. The van der Waals surface area contributed by atoms with E-state index < -0.39 is 0 Å². The third-order valence-electron chi connectivity index (χ3n) is 3.82. The lowest BCUT2D eigenvalue weighted by Crippen LogP contribution is -2.12. The molecule has 0 spiro atoms. The molecule has 0 aliphatic rings. The average Bonchev–Trinajstić information content (AvgIpc) is 3.26. The zero-order valence-electron chi connectivity index (χ0n) is 12.4. The minimum atomic E-state index is -0.117. The highest BCUT2D eigenvalue weighted by Crippen LogP contribution is 2.19. The Balaban J connectivity index is 1.60. The largest absolute Gasteiger partial charge is 0.361 e. The van der Waals surface area contributed by atoms with E-state index >= 15 is 0 Å². The highest BCUT2D eigenvalue weighted by Gasteiger charge is 2.08. The molecule has 0 saturated carbocycles. The molecule has 2 aromatic heterocycles. The van der Waals surface area contributed by atoms with Gasteiger partial charge in [0.15, 0.2) is 0 Å². The quantitative estimate of drug-likeness (QED) is 0.585. The zero-order valence-corrected chi connectivity index (χ0v) is 12.4. The van der Waals surface area contributed by atoms with Crippen LogP contribution in [-0.4, -0.2) is 15.5 Å². The number of H-pyrrole nitrogens is 1. The molecule has 0 unspecified atom stereocenters. The van der Waals surface area contributed by atoms with E-state index in [4.69, 9.17) is 0 Å². The van der Waals surface area contributed by atoms with Gasteiger partial charge < -0.3 is 14.9 Å². The van der Waals surface area contributed by atoms with E-state index in [1.807, 2.05) is 83.8 Å². The standard InChI is InChI=1S/C19H15N3O/c23-19(21-16-6-7-18-14(12-16)8-9-20-18)15-4-3-5-17(13-15)22-10-1-2-11-22/h1-13,20H,(H,21,23). The number of hydrogen-bond acceptors (Lipinski definition) is 1. The van der Waals surface area contributed by atoms with Crippen LogP contribution in [0.1, 0.15) is 10.4 Å². The fourth-order valence-electron chi connectivity index (χ4n) is 2.65. The number of aromatic amines is 1. The molecule has 0 aliphatic heterocycles. The molecule has 0 aliphatic carbocycles. The molecule has 0 fully saturated rings. The predicted molar refractivity (Wildman–Crippen MR) is 92.0 cm³/mol. The molecule has 2 N–H and O–H groups in total. The van der Waals surface area contributed by atoms with E-state index in [9.17, 15) is 4.79 Å². The summed E-state index contributed by atoms with van der Waals surface area (Å²) < 4.78 is 1.97. The summed E-state index contributed by atoms with van der Waals surface area (Å²) in [6.45, 7) is 0. The van der Waals surface area contributed by atoms with Gasteiger partial charge >= 0.3 is 0 Å². The molecule has 0 saturated heterocycles.